The van der Waals surface area contributed by atoms with E-state index in [4.69, 9.17) is 11.6 Å². The number of sulfonamides is 1. The molecule has 1 aromatic rings. The van der Waals surface area contributed by atoms with Gasteiger partial charge in [0.05, 0.1) is 4.90 Å². The molecule has 3 nitrogen and oxygen atoms in total. The Morgan fingerprint density at radius 1 is 1.41 bits per heavy atom. The summed E-state index contributed by atoms with van der Waals surface area (Å²) in [6, 6.07) is 3.65. The van der Waals surface area contributed by atoms with E-state index >= 15 is 0 Å². The first-order valence-electron chi connectivity index (χ1n) is 5.25. The van der Waals surface area contributed by atoms with Crippen molar-refractivity contribution in [3.05, 3.63) is 29.6 Å². The molecule has 0 fully saturated rings. The second kappa shape index (κ2) is 5.80. The third kappa shape index (κ3) is 3.18. The minimum absolute atomic E-state index is 0.130. The summed E-state index contributed by atoms with van der Waals surface area (Å²) in [6.07, 6.45) is 0. The van der Waals surface area contributed by atoms with Gasteiger partial charge < -0.3 is 0 Å². The molecule has 0 amide bonds. The largest absolute Gasteiger partial charge is 0.243 e. The zero-order valence-electron chi connectivity index (χ0n) is 9.78. The third-order valence-corrected chi connectivity index (χ3v) is 4.74. The topological polar surface area (TPSA) is 37.4 Å². The van der Waals surface area contributed by atoms with E-state index in [1.165, 1.54) is 16.4 Å². The molecule has 0 radical (unpaired) electrons. The van der Waals surface area contributed by atoms with Crippen LogP contribution in [-0.2, 0) is 10.0 Å². The molecule has 0 bridgehead atoms. The average molecular weight is 280 g/mol. The lowest BCUT2D eigenvalue weighted by Gasteiger charge is -2.20. The molecule has 0 saturated heterocycles. The van der Waals surface area contributed by atoms with Gasteiger partial charge in [0.1, 0.15) is 5.82 Å². The van der Waals surface area contributed by atoms with Gasteiger partial charge in [-0.3, -0.25) is 0 Å². The molecular formula is C11H15ClFNO2S. The monoisotopic (exact) mass is 279 g/mol. The highest BCUT2D eigenvalue weighted by atomic mass is 35.5. The molecule has 6 heteroatoms. The van der Waals surface area contributed by atoms with Crippen LogP contribution in [0.5, 0.6) is 0 Å². The van der Waals surface area contributed by atoms with Crippen molar-refractivity contribution in [3.8, 4) is 0 Å². The van der Waals surface area contributed by atoms with E-state index in [1.807, 2.05) is 0 Å². The van der Waals surface area contributed by atoms with Gasteiger partial charge in [0, 0.05) is 19.0 Å². The summed E-state index contributed by atoms with van der Waals surface area (Å²) < 4.78 is 38.7. The molecule has 0 aliphatic heterocycles. The predicted octanol–water partition coefficient (Wildman–Crippen LogP) is 2.38. The van der Waals surface area contributed by atoms with Crippen molar-refractivity contribution in [2.24, 2.45) is 0 Å². The molecule has 0 aliphatic rings. The van der Waals surface area contributed by atoms with Gasteiger partial charge in [0.2, 0.25) is 10.0 Å². The molecule has 0 spiro atoms. The molecule has 17 heavy (non-hydrogen) atoms. The SMILES string of the molecule is CCN(CCCl)S(=O)(=O)c1ccc(F)cc1C. The Labute approximate surface area is 106 Å². The first-order chi connectivity index (χ1) is 7.93. The molecule has 1 rings (SSSR count). The van der Waals surface area contributed by atoms with Crippen LogP contribution < -0.4 is 0 Å². The van der Waals surface area contributed by atoms with Gasteiger partial charge in [-0.15, -0.1) is 11.6 Å². The van der Waals surface area contributed by atoms with Gasteiger partial charge in [0.25, 0.3) is 0 Å². The zero-order chi connectivity index (χ0) is 13.1. The Kier molecular flexibility index (Phi) is 4.91. The van der Waals surface area contributed by atoms with Gasteiger partial charge in [-0.2, -0.15) is 4.31 Å². The Balaban J connectivity index is 3.20. The highest BCUT2D eigenvalue weighted by Gasteiger charge is 2.24. The number of rotatable bonds is 5. The standard InChI is InChI=1S/C11H15ClFNO2S/c1-3-14(7-6-12)17(15,16)11-5-4-10(13)8-9(11)2/h4-5,8H,3,6-7H2,1-2H3. The van der Waals surface area contributed by atoms with Crippen molar-refractivity contribution in [2.45, 2.75) is 18.7 Å². The highest BCUT2D eigenvalue weighted by molar-refractivity contribution is 7.89. The lowest BCUT2D eigenvalue weighted by Crippen LogP contribution is -2.33. The fourth-order valence-corrected chi connectivity index (χ4v) is 3.54. The van der Waals surface area contributed by atoms with Crippen molar-refractivity contribution < 1.29 is 12.8 Å². The van der Waals surface area contributed by atoms with Crippen molar-refractivity contribution in [1.82, 2.24) is 4.31 Å². The van der Waals surface area contributed by atoms with Crippen molar-refractivity contribution in [3.63, 3.8) is 0 Å². The number of halogens is 2. The van der Waals surface area contributed by atoms with Gasteiger partial charge >= 0.3 is 0 Å². The van der Waals surface area contributed by atoms with Gasteiger partial charge in [-0.1, -0.05) is 6.92 Å². The van der Waals surface area contributed by atoms with Crippen molar-refractivity contribution in [1.29, 1.82) is 0 Å². The van der Waals surface area contributed by atoms with E-state index in [0.29, 0.717) is 12.1 Å². The van der Waals surface area contributed by atoms with Gasteiger partial charge in [-0.25, -0.2) is 12.8 Å². The van der Waals surface area contributed by atoms with E-state index in [-0.39, 0.29) is 17.3 Å². The lowest BCUT2D eigenvalue weighted by atomic mass is 10.2. The third-order valence-electron chi connectivity index (χ3n) is 2.44. The van der Waals surface area contributed by atoms with Crippen LogP contribution in [-0.4, -0.2) is 31.7 Å². The molecule has 0 aliphatic carbocycles. The number of alkyl halides is 1. The van der Waals surface area contributed by atoms with Crippen LogP contribution in [0, 0.1) is 12.7 Å². The molecular weight excluding hydrogens is 265 g/mol. The number of hydrogen-bond donors (Lipinski definition) is 0. The molecule has 96 valence electrons. The Bertz CT molecular complexity index is 490. The summed E-state index contributed by atoms with van der Waals surface area (Å²) in [5.41, 5.74) is 0.401. The van der Waals surface area contributed by atoms with Crippen LogP contribution in [0.15, 0.2) is 23.1 Å². The molecule has 0 saturated carbocycles. The van der Waals surface area contributed by atoms with Crippen molar-refractivity contribution in [2.75, 3.05) is 19.0 Å². The number of hydrogen-bond acceptors (Lipinski definition) is 2. The van der Waals surface area contributed by atoms with Crippen LogP contribution in [0.25, 0.3) is 0 Å². The normalized spacial score (nSPS) is 12.1. The molecule has 0 atom stereocenters. The van der Waals surface area contributed by atoms with E-state index in [1.54, 1.807) is 13.8 Å². The minimum atomic E-state index is -3.58. The lowest BCUT2D eigenvalue weighted by molar-refractivity contribution is 0.446. The van der Waals surface area contributed by atoms with Gasteiger partial charge in [-0.05, 0) is 30.7 Å². The Morgan fingerprint density at radius 3 is 2.53 bits per heavy atom. The molecule has 1 aromatic carbocycles. The second-order valence-corrected chi connectivity index (χ2v) is 5.88. The van der Waals surface area contributed by atoms with E-state index in [0.717, 1.165) is 6.07 Å². The zero-order valence-corrected chi connectivity index (χ0v) is 11.4. The Morgan fingerprint density at radius 2 is 2.06 bits per heavy atom. The quantitative estimate of drug-likeness (QED) is 0.776. The van der Waals surface area contributed by atoms with Crippen LogP contribution in [0.3, 0.4) is 0 Å². The van der Waals surface area contributed by atoms with Crippen LogP contribution in [0.4, 0.5) is 4.39 Å². The maximum atomic E-state index is 12.9. The van der Waals surface area contributed by atoms with Gasteiger partial charge in [0.15, 0.2) is 0 Å². The number of benzene rings is 1. The number of aryl methyl sites for hydroxylation is 1. The summed E-state index contributed by atoms with van der Waals surface area (Å²) in [4.78, 5) is 0.130. The summed E-state index contributed by atoms with van der Waals surface area (Å²) in [7, 11) is -3.58. The van der Waals surface area contributed by atoms with E-state index in [2.05, 4.69) is 0 Å². The minimum Gasteiger partial charge on any atom is -0.207 e. The summed E-state index contributed by atoms with van der Waals surface area (Å²) >= 11 is 5.57. The molecule has 0 unspecified atom stereocenters. The van der Waals surface area contributed by atoms with E-state index in [9.17, 15) is 12.8 Å². The van der Waals surface area contributed by atoms with Crippen LogP contribution >= 0.6 is 11.6 Å². The highest BCUT2D eigenvalue weighted by Crippen LogP contribution is 2.20. The molecule has 0 N–H and O–H groups in total. The second-order valence-electron chi connectivity index (χ2n) is 3.60. The fraction of sp³-hybridized carbons (Fsp3) is 0.455. The predicted molar refractivity (Wildman–Crippen MR) is 66.3 cm³/mol. The van der Waals surface area contributed by atoms with Crippen LogP contribution in [0.2, 0.25) is 0 Å². The molecule has 0 aromatic heterocycles. The maximum Gasteiger partial charge on any atom is 0.243 e. The van der Waals surface area contributed by atoms with Crippen LogP contribution in [0.1, 0.15) is 12.5 Å². The first kappa shape index (κ1) is 14.4. The average Bonchev–Trinajstić information content (AvgIpc) is 2.24. The summed E-state index contributed by atoms with van der Waals surface area (Å²) in [5.74, 6) is -0.213. The number of nitrogens with zero attached hydrogens (tertiary/aromatic N) is 1. The van der Waals surface area contributed by atoms with Crippen molar-refractivity contribution >= 4 is 21.6 Å². The fourth-order valence-electron chi connectivity index (χ4n) is 1.58. The first-order valence-corrected chi connectivity index (χ1v) is 7.23. The smallest absolute Gasteiger partial charge is 0.207 e. The van der Waals surface area contributed by atoms with E-state index < -0.39 is 15.8 Å². The summed E-state index contributed by atoms with van der Waals surface area (Å²) in [6.45, 7) is 3.90. The molecule has 0 heterocycles. The Hall–Kier alpha value is -0.650. The summed E-state index contributed by atoms with van der Waals surface area (Å²) in [5, 5.41) is 0. The maximum absolute atomic E-state index is 12.9.